The molecule has 2 aromatic rings. The number of rotatable bonds is 3. The van der Waals surface area contributed by atoms with Gasteiger partial charge in [0.05, 0.1) is 12.2 Å². The molecule has 0 aliphatic carbocycles. The van der Waals surface area contributed by atoms with Gasteiger partial charge >= 0.3 is 0 Å². The minimum absolute atomic E-state index is 0.380. The summed E-state index contributed by atoms with van der Waals surface area (Å²) in [6.45, 7) is 2.45. The summed E-state index contributed by atoms with van der Waals surface area (Å²) in [5.41, 5.74) is 2.10. The van der Waals surface area contributed by atoms with Crippen LogP contribution in [0.25, 0.3) is 0 Å². The fraction of sp³-hybridized carbons (Fsp3) is 0.231. The van der Waals surface area contributed by atoms with Crippen LogP contribution in [0.2, 0.25) is 0 Å². The molecule has 0 aromatic carbocycles. The van der Waals surface area contributed by atoms with E-state index in [-0.39, 0.29) is 0 Å². The first-order valence-electron chi connectivity index (χ1n) is 5.56. The van der Waals surface area contributed by atoms with Crippen LogP contribution in [0.5, 0.6) is 0 Å². The molecule has 2 rings (SSSR count). The fourth-order valence-electron chi connectivity index (χ4n) is 1.59. The molecule has 0 saturated carbocycles. The van der Waals surface area contributed by atoms with E-state index in [1.165, 1.54) is 0 Å². The molecule has 0 aliphatic rings. The highest BCUT2D eigenvalue weighted by molar-refractivity contribution is 5.35. The second kappa shape index (κ2) is 5.23. The number of hydrogen-bond donors (Lipinski definition) is 0. The fourth-order valence-corrected chi connectivity index (χ4v) is 1.59. The predicted molar refractivity (Wildman–Crippen MR) is 67.8 cm³/mol. The topological polar surface area (TPSA) is 65.7 Å². The van der Waals surface area contributed by atoms with E-state index < -0.39 is 0 Å². The summed E-state index contributed by atoms with van der Waals surface area (Å²) < 4.78 is 0. The molecule has 0 spiro atoms. The molecule has 0 radical (unpaired) electrons. The van der Waals surface area contributed by atoms with Crippen LogP contribution in [0.3, 0.4) is 0 Å². The largest absolute Gasteiger partial charge is 0.338 e. The highest BCUT2D eigenvalue weighted by Crippen LogP contribution is 2.10. The standard InChI is InChI=1S/C13H13N5/c1-10-7-12(8-14)17-13(16-10)18(2)9-11-5-3-4-6-15-11/h3-7H,9H2,1-2H3. The summed E-state index contributed by atoms with van der Waals surface area (Å²) in [6.07, 6.45) is 1.75. The van der Waals surface area contributed by atoms with Gasteiger partial charge in [-0.3, -0.25) is 4.98 Å². The molecule has 0 aliphatic heterocycles. The number of hydrogen-bond acceptors (Lipinski definition) is 5. The SMILES string of the molecule is Cc1cc(C#N)nc(N(C)Cc2ccccn2)n1. The molecule has 2 heterocycles. The molecule has 0 unspecified atom stereocenters. The van der Waals surface area contributed by atoms with Crippen molar-refractivity contribution >= 4 is 5.95 Å². The van der Waals surface area contributed by atoms with Crippen molar-refractivity contribution in [3.63, 3.8) is 0 Å². The van der Waals surface area contributed by atoms with E-state index in [0.717, 1.165) is 11.4 Å². The lowest BCUT2D eigenvalue weighted by molar-refractivity contribution is 0.833. The lowest BCUT2D eigenvalue weighted by atomic mass is 10.3. The third kappa shape index (κ3) is 2.80. The van der Waals surface area contributed by atoms with Crippen molar-refractivity contribution in [2.45, 2.75) is 13.5 Å². The number of nitrogens with zero attached hydrogens (tertiary/aromatic N) is 5. The first-order chi connectivity index (χ1) is 8.69. The highest BCUT2D eigenvalue weighted by atomic mass is 15.2. The zero-order chi connectivity index (χ0) is 13.0. The van der Waals surface area contributed by atoms with Gasteiger partial charge in [0.1, 0.15) is 11.8 Å². The normalized spacial score (nSPS) is 9.83. The molecule has 90 valence electrons. The maximum atomic E-state index is 8.89. The Morgan fingerprint density at radius 1 is 1.33 bits per heavy atom. The summed E-state index contributed by atoms with van der Waals surface area (Å²) in [5.74, 6) is 0.539. The summed E-state index contributed by atoms with van der Waals surface area (Å²) in [7, 11) is 1.88. The van der Waals surface area contributed by atoms with Crippen molar-refractivity contribution in [2.24, 2.45) is 0 Å². The van der Waals surface area contributed by atoms with Crippen molar-refractivity contribution in [1.29, 1.82) is 5.26 Å². The molecule has 18 heavy (non-hydrogen) atoms. The predicted octanol–water partition coefficient (Wildman–Crippen LogP) is 1.69. The van der Waals surface area contributed by atoms with E-state index in [0.29, 0.717) is 18.2 Å². The monoisotopic (exact) mass is 239 g/mol. The highest BCUT2D eigenvalue weighted by Gasteiger charge is 2.08. The van der Waals surface area contributed by atoms with Crippen molar-refractivity contribution in [1.82, 2.24) is 15.0 Å². The Bertz CT molecular complexity index is 574. The van der Waals surface area contributed by atoms with Crippen molar-refractivity contribution in [3.8, 4) is 6.07 Å². The Kier molecular flexibility index (Phi) is 3.49. The van der Waals surface area contributed by atoms with Gasteiger partial charge < -0.3 is 4.90 Å². The van der Waals surface area contributed by atoms with Crippen LogP contribution in [0.1, 0.15) is 17.1 Å². The molecule has 5 nitrogen and oxygen atoms in total. The zero-order valence-electron chi connectivity index (χ0n) is 10.3. The second-order valence-corrected chi connectivity index (χ2v) is 3.98. The van der Waals surface area contributed by atoms with Crippen molar-refractivity contribution < 1.29 is 0 Å². The smallest absolute Gasteiger partial charge is 0.226 e. The summed E-state index contributed by atoms with van der Waals surface area (Å²) in [5, 5.41) is 8.89. The van der Waals surface area contributed by atoms with Gasteiger partial charge in [0.15, 0.2) is 0 Å². The molecule has 0 atom stereocenters. The summed E-state index contributed by atoms with van der Waals surface area (Å²) >= 11 is 0. The third-order valence-corrected chi connectivity index (χ3v) is 2.42. The van der Waals surface area contributed by atoms with Gasteiger partial charge in [-0.15, -0.1) is 0 Å². The molecule has 5 heteroatoms. The minimum atomic E-state index is 0.380. The second-order valence-electron chi connectivity index (χ2n) is 3.98. The van der Waals surface area contributed by atoms with Crippen molar-refractivity contribution in [3.05, 3.63) is 47.5 Å². The molecular weight excluding hydrogens is 226 g/mol. The Morgan fingerprint density at radius 3 is 2.83 bits per heavy atom. The van der Waals surface area contributed by atoms with Gasteiger partial charge in [-0.2, -0.15) is 5.26 Å². The van der Waals surface area contributed by atoms with E-state index in [4.69, 9.17) is 5.26 Å². The Hall–Kier alpha value is -2.48. The van der Waals surface area contributed by atoms with Crippen LogP contribution in [0.15, 0.2) is 30.5 Å². The van der Waals surface area contributed by atoms with Gasteiger partial charge in [-0.05, 0) is 25.1 Å². The number of aryl methyl sites for hydroxylation is 1. The van der Waals surface area contributed by atoms with Gasteiger partial charge in [-0.25, -0.2) is 9.97 Å². The number of anilines is 1. The van der Waals surface area contributed by atoms with Gasteiger partial charge in [0, 0.05) is 18.9 Å². The number of pyridine rings is 1. The van der Waals surface area contributed by atoms with E-state index in [2.05, 4.69) is 15.0 Å². The van der Waals surface area contributed by atoms with Crippen LogP contribution in [-0.4, -0.2) is 22.0 Å². The maximum Gasteiger partial charge on any atom is 0.226 e. The van der Waals surface area contributed by atoms with Crippen molar-refractivity contribution in [2.75, 3.05) is 11.9 Å². The Labute approximate surface area is 106 Å². The lowest BCUT2D eigenvalue weighted by Crippen LogP contribution is -2.20. The van der Waals surface area contributed by atoms with E-state index in [9.17, 15) is 0 Å². The molecule has 0 amide bonds. The van der Waals surface area contributed by atoms with E-state index in [1.807, 2.05) is 43.1 Å². The molecule has 0 saturated heterocycles. The lowest BCUT2D eigenvalue weighted by Gasteiger charge is -2.16. The first-order valence-corrected chi connectivity index (χ1v) is 5.56. The minimum Gasteiger partial charge on any atom is -0.338 e. The van der Waals surface area contributed by atoms with Crippen LogP contribution < -0.4 is 4.90 Å². The Morgan fingerprint density at radius 2 is 2.17 bits per heavy atom. The van der Waals surface area contributed by atoms with Gasteiger partial charge in [0.25, 0.3) is 0 Å². The van der Waals surface area contributed by atoms with E-state index >= 15 is 0 Å². The van der Waals surface area contributed by atoms with Crippen LogP contribution >= 0.6 is 0 Å². The number of nitriles is 1. The molecule has 0 bridgehead atoms. The van der Waals surface area contributed by atoms with Crippen LogP contribution in [-0.2, 0) is 6.54 Å². The molecule has 0 N–H and O–H groups in total. The van der Waals surface area contributed by atoms with Crippen LogP contribution in [0, 0.1) is 18.3 Å². The van der Waals surface area contributed by atoms with Gasteiger partial charge in [0.2, 0.25) is 5.95 Å². The average molecular weight is 239 g/mol. The quantitative estimate of drug-likeness (QED) is 0.815. The van der Waals surface area contributed by atoms with E-state index in [1.54, 1.807) is 12.3 Å². The average Bonchev–Trinajstić information content (AvgIpc) is 2.39. The summed E-state index contributed by atoms with van der Waals surface area (Å²) in [6, 6.07) is 9.45. The molecule has 0 fully saturated rings. The molecular formula is C13H13N5. The third-order valence-electron chi connectivity index (χ3n) is 2.42. The number of aromatic nitrogens is 3. The Balaban J connectivity index is 2.21. The summed E-state index contributed by atoms with van der Waals surface area (Å²) in [4.78, 5) is 14.6. The zero-order valence-corrected chi connectivity index (χ0v) is 10.3. The first kappa shape index (κ1) is 12.0. The van der Waals surface area contributed by atoms with Gasteiger partial charge in [-0.1, -0.05) is 6.07 Å². The maximum absolute atomic E-state index is 8.89. The van der Waals surface area contributed by atoms with Crippen LogP contribution in [0.4, 0.5) is 5.95 Å². The molecule has 2 aromatic heterocycles.